The van der Waals surface area contributed by atoms with Gasteiger partial charge < -0.3 is 20.1 Å². The first-order chi connectivity index (χ1) is 15.0. The van der Waals surface area contributed by atoms with Gasteiger partial charge in [-0.25, -0.2) is 4.68 Å². The molecule has 4 rings (SSSR count). The van der Waals surface area contributed by atoms with Crippen LogP contribution in [0, 0.1) is 0 Å². The number of thioether (sulfide) groups is 1. The molecule has 0 saturated heterocycles. The summed E-state index contributed by atoms with van der Waals surface area (Å²) in [5, 5.41) is 10.5. The number of methoxy groups -OCH3 is 2. The summed E-state index contributed by atoms with van der Waals surface area (Å²) in [5.74, 6) is 1.49. The van der Waals surface area contributed by atoms with E-state index in [0.29, 0.717) is 34.4 Å². The molecule has 2 aromatic carbocycles. The minimum atomic E-state index is -0.418. The average molecular weight is 438 g/mol. The van der Waals surface area contributed by atoms with Crippen LogP contribution in [0.2, 0.25) is 0 Å². The molecular weight excluding hydrogens is 414 g/mol. The second kappa shape index (κ2) is 8.73. The Morgan fingerprint density at radius 1 is 1.16 bits per heavy atom. The Bertz CT molecular complexity index is 1140. The van der Waals surface area contributed by atoms with Gasteiger partial charge in [0.05, 0.1) is 25.5 Å². The summed E-state index contributed by atoms with van der Waals surface area (Å²) < 4.78 is 12.4. The van der Waals surface area contributed by atoms with Crippen LogP contribution in [0.4, 0.5) is 11.6 Å². The van der Waals surface area contributed by atoms with Crippen molar-refractivity contribution in [3.63, 3.8) is 0 Å². The zero-order chi connectivity index (χ0) is 22.0. The van der Waals surface area contributed by atoms with Crippen LogP contribution in [-0.2, 0) is 4.79 Å². The molecule has 8 nitrogen and oxygen atoms in total. The molecule has 0 saturated carbocycles. The van der Waals surface area contributed by atoms with Gasteiger partial charge in [-0.2, -0.15) is 10.1 Å². The summed E-state index contributed by atoms with van der Waals surface area (Å²) in [5.41, 5.74) is 2.75. The molecule has 2 N–H and O–H groups in total. The largest absolute Gasteiger partial charge is 0.497 e. The third-order valence-electron chi connectivity index (χ3n) is 5.13. The molecule has 0 spiro atoms. The van der Waals surface area contributed by atoms with Crippen LogP contribution in [0.15, 0.2) is 65.0 Å². The first-order valence-corrected chi connectivity index (χ1v) is 10.8. The van der Waals surface area contributed by atoms with Crippen molar-refractivity contribution in [2.75, 3.05) is 31.1 Å². The van der Waals surface area contributed by atoms with E-state index in [1.165, 1.54) is 6.33 Å². The third-order valence-corrected chi connectivity index (χ3v) is 5.87. The van der Waals surface area contributed by atoms with Gasteiger partial charge in [-0.1, -0.05) is 12.1 Å². The average Bonchev–Trinajstić information content (AvgIpc) is 3.26. The third kappa shape index (κ3) is 3.96. The molecular formula is C22H23N5O3S. The Morgan fingerprint density at radius 3 is 2.61 bits per heavy atom. The Labute approximate surface area is 184 Å². The number of amides is 1. The fraction of sp³-hybridized carbons (Fsp3) is 0.227. The number of rotatable bonds is 6. The highest BCUT2D eigenvalue weighted by molar-refractivity contribution is 7.98. The van der Waals surface area contributed by atoms with Gasteiger partial charge >= 0.3 is 0 Å². The van der Waals surface area contributed by atoms with Crippen molar-refractivity contribution in [1.29, 1.82) is 0 Å². The molecule has 0 bridgehead atoms. The highest BCUT2D eigenvalue weighted by Gasteiger charge is 2.33. The van der Waals surface area contributed by atoms with E-state index in [9.17, 15) is 4.79 Å². The predicted molar refractivity (Wildman–Crippen MR) is 121 cm³/mol. The monoisotopic (exact) mass is 437 g/mol. The van der Waals surface area contributed by atoms with Crippen LogP contribution in [0.5, 0.6) is 11.5 Å². The molecule has 0 radical (unpaired) electrons. The summed E-state index contributed by atoms with van der Waals surface area (Å²) in [4.78, 5) is 18.9. The lowest BCUT2D eigenvalue weighted by Gasteiger charge is -2.29. The summed E-state index contributed by atoms with van der Waals surface area (Å²) in [7, 11) is 3.13. The van der Waals surface area contributed by atoms with Crippen molar-refractivity contribution in [2.24, 2.45) is 0 Å². The van der Waals surface area contributed by atoms with Gasteiger partial charge in [-0.05, 0) is 43.0 Å². The Balaban J connectivity index is 1.73. The van der Waals surface area contributed by atoms with Crippen molar-refractivity contribution in [1.82, 2.24) is 14.8 Å². The fourth-order valence-electron chi connectivity index (χ4n) is 3.57. The van der Waals surface area contributed by atoms with Gasteiger partial charge in [0.2, 0.25) is 5.95 Å². The molecule has 1 aliphatic heterocycles. The Kier molecular flexibility index (Phi) is 5.85. The van der Waals surface area contributed by atoms with Crippen molar-refractivity contribution in [2.45, 2.75) is 17.9 Å². The van der Waals surface area contributed by atoms with Gasteiger partial charge in [-0.15, -0.1) is 11.8 Å². The number of nitrogens with zero attached hydrogens (tertiary/aromatic N) is 3. The van der Waals surface area contributed by atoms with Gasteiger partial charge in [0, 0.05) is 16.7 Å². The highest BCUT2D eigenvalue weighted by Crippen LogP contribution is 2.37. The standard InChI is InChI=1S/C22H23N5O3S/c1-13-19(21(28)26-17-10-7-15(29-2)11-18(17)30-3)20(27-22(25-13)23-12-24-27)14-5-8-16(31-4)9-6-14/h5-12,20H,1-4H3,(H,26,28)(H,23,24,25)/t20-/m1/s1. The van der Waals surface area contributed by atoms with E-state index in [1.807, 2.05) is 37.4 Å². The van der Waals surface area contributed by atoms with E-state index >= 15 is 0 Å². The molecule has 2 heterocycles. The van der Waals surface area contributed by atoms with Crippen LogP contribution in [0.3, 0.4) is 0 Å². The fourth-order valence-corrected chi connectivity index (χ4v) is 3.98. The Morgan fingerprint density at radius 2 is 1.94 bits per heavy atom. The van der Waals surface area contributed by atoms with Crippen LogP contribution in [0.25, 0.3) is 0 Å². The van der Waals surface area contributed by atoms with E-state index in [0.717, 1.165) is 10.5 Å². The smallest absolute Gasteiger partial charge is 0.255 e. The number of hydrogen-bond acceptors (Lipinski definition) is 7. The van der Waals surface area contributed by atoms with Crippen molar-refractivity contribution >= 4 is 29.3 Å². The quantitative estimate of drug-likeness (QED) is 0.565. The summed E-state index contributed by atoms with van der Waals surface area (Å²) in [6, 6.07) is 12.9. The van der Waals surface area contributed by atoms with E-state index in [4.69, 9.17) is 9.47 Å². The van der Waals surface area contributed by atoms with Crippen molar-refractivity contribution in [3.05, 3.63) is 65.6 Å². The zero-order valence-corrected chi connectivity index (χ0v) is 18.5. The van der Waals surface area contributed by atoms with Gasteiger partial charge in [0.15, 0.2) is 0 Å². The number of hydrogen-bond donors (Lipinski definition) is 2. The number of anilines is 2. The molecule has 0 unspecified atom stereocenters. The molecule has 1 aromatic heterocycles. The Hall–Kier alpha value is -3.46. The minimum absolute atomic E-state index is 0.256. The maximum Gasteiger partial charge on any atom is 0.255 e. The van der Waals surface area contributed by atoms with Crippen LogP contribution in [-0.4, -0.2) is 41.1 Å². The molecule has 31 heavy (non-hydrogen) atoms. The number of allylic oxidation sites excluding steroid dienone is 1. The summed E-state index contributed by atoms with van der Waals surface area (Å²) in [6.07, 6.45) is 3.51. The maximum atomic E-state index is 13.5. The van der Waals surface area contributed by atoms with E-state index in [1.54, 1.807) is 48.9 Å². The van der Waals surface area contributed by atoms with Crippen molar-refractivity contribution in [3.8, 4) is 11.5 Å². The van der Waals surface area contributed by atoms with Crippen LogP contribution in [0.1, 0.15) is 18.5 Å². The second-order valence-corrected chi connectivity index (χ2v) is 7.77. The lowest BCUT2D eigenvalue weighted by atomic mass is 9.95. The number of ether oxygens (including phenoxy) is 2. The molecule has 1 aliphatic rings. The lowest BCUT2D eigenvalue weighted by Crippen LogP contribution is -2.31. The summed E-state index contributed by atoms with van der Waals surface area (Å²) in [6.45, 7) is 1.86. The first kappa shape index (κ1) is 20.8. The number of fused-ring (bicyclic) bond motifs is 1. The highest BCUT2D eigenvalue weighted by atomic mass is 32.2. The molecule has 1 amide bonds. The number of nitrogens with one attached hydrogen (secondary N) is 2. The zero-order valence-electron chi connectivity index (χ0n) is 17.7. The number of aromatic nitrogens is 3. The second-order valence-electron chi connectivity index (χ2n) is 6.89. The van der Waals surface area contributed by atoms with E-state index < -0.39 is 6.04 Å². The predicted octanol–water partition coefficient (Wildman–Crippen LogP) is 3.94. The first-order valence-electron chi connectivity index (χ1n) is 9.60. The number of benzene rings is 2. The minimum Gasteiger partial charge on any atom is -0.497 e. The molecule has 3 aromatic rings. The molecule has 9 heteroatoms. The van der Waals surface area contributed by atoms with Gasteiger partial charge in [0.25, 0.3) is 5.91 Å². The molecule has 0 aliphatic carbocycles. The molecule has 160 valence electrons. The van der Waals surface area contributed by atoms with Crippen LogP contribution >= 0.6 is 11.8 Å². The van der Waals surface area contributed by atoms with Gasteiger partial charge in [-0.3, -0.25) is 4.79 Å². The normalized spacial score (nSPS) is 15.2. The molecule has 1 atom stereocenters. The summed E-state index contributed by atoms with van der Waals surface area (Å²) >= 11 is 1.67. The van der Waals surface area contributed by atoms with Gasteiger partial charge in [0.1, 0.15) is 23.9 Å². The maximum absolute atomic E-state index is 13.5. The SMILES string of the molecule is COc1ccc(NC(=O)C2=C(C)Nc3ncnn3[C@@H]2c2ccc(SC)cc2)c(OC)c1. The van der Waals surface area contributed by atoms with Crippen molar-refractivity contribution < 1.29 is 14.3 Å². The lowest BCUT2D eigenvalue weighted by molar-refractivity contribution is -0.113. The number of carbonyl (C=O) groups is 1. The number of carbonyl (C=O) groups excluding carboxylic acids is 1. The van der Waals surface area contributed by atoms with E-state index in [-0.39, 0.29) is 5.91 Å². The van der Waals surface area contributed by atoms with E-state index in [2.05, 4.69) is 20.7 Å². The topological polar surface area (TPSA) is 90.3 Å². The van der Waals surface area contributed by atoms with Crippen LogP contribution < -0.4 is 20.1 Å². The molecule has 0 fully saturated rings.